The average molecular weight is 759 g/mol. The van der Waals surface area contributed by atoms with E-state index in [4.69, 9.17) is 0 Å². The molecular weight excluding hydrogens is 696 g/mol. The lowest BCUT2D eigenvalue weighted by Crippen LogP contribution is -2.91. The molecule has 0 saturated carbocycles. The minimum Gasteiger partial charge on any atom is -0.375 e. The molecule has 4 aromatic rings. The molecule has 1 spiro atoms. The van der Waals surface area contributed by atoms with Gasteiger partial charge in [0.25, 0.3) is 0 Å². The van der Waals surface area contributed by atoms with E-state index >= 15 is 0 Å². The van der Waals surface area contributed by atoms with Gasteiger partial charge in [-0.15, -0.1) is 0 Å². The Kier molecular flexibility index (Phi) is 9.44. The van der Waals surface area contributed by atoms with Crippen molar-refractivity contribution in [3.63, 3.8) is 0 Å². The Morgan fingerprint density at radius 1 is 0.415 bits per heavy atom. The minimum absolute atomic E-state index is 0.0913. The number of benzene rings is 4. The van der Waals surface area contributed by atoms with Crippen molar-refractivity contribution in [2.24, 2.45) is 21.7 Å². The molecule has 0 saturated heterocycles. The molecular formula is C46H63N4PSi2. The number of rotatable bonds is 7. The third-order valence-electron chi connectivity index (χ3n) is 10.7. The predicted molar refractivity (Wildman–Crippen MR) is 239 cm³/mol. The van der Waals surface area contributed by atoms with Crippen LogP contribution in [-0.4, -0.2) is 52.8 Å². The first-order valence-corrected chi connectivity index (χ1v) is 24.7. The molecule has 3 aliphatic rings. The zero-order valence-corrected chi connectivity index (χ0v) is 37.4. The maximum Gasteiger partial charge on any atom is 0.315 e. The summed E-state index contributed by atoms with van der Waals surface area (Å²) in [5.74, 6) is 0. The summed E-state index contributed by atoms with van der Waals surface area (Å²) in [4.78, 5) is 2.10. The molecule has 0 aliphatic carbocycles. The van der Waals surface area contributed by atoms with Crippen LogP contribution in [0.3, 0.4) is 0 Å². The van der Waals surface area contributed by atoms with E-state index in [1.807, 2.05) is 0 Å². The molecule has 7 rings (SSSR count). The van der Waals surface area contributed by atoms with E-state index in [9.17, 15) is 0 Å². The number of anilines is 4. The van der Waals surface area contributed by atoms with Gasteiger partial charge in [-0.3, -0.25) is 0 Å². The first kappa shape index (κ1) is 38.0. The van der Waals surface area contributed by atoms with Gasteiger partial charge in [0, 0.05) is 31.1 Å². The fourth-order valence-corrected chi connectivity index (χ4v) is 31.5. The summed E-state index contributed by atoms with van der Waals surface area (Å²) in [5.41, 5.74) is 7.53. The Hall–Kier alpha value is -3.32. The fourth-order valence-electron chi connectivity index (χ4n) is 9.22. The van der Waals surface area contributed by atoms with Crippen LogP contribution in [0.4, 0.5) is 22.7 Å². The summed E-state index contributed by atoms with van der Waals surface area (Å²) < 4.78 is 12.2. The van der Waals surface area contributed by atoms with Crippen molar-refractivity contribution < 1.29 is 0 Å². The quantitative estimate of drug-likeness (QED) is 0.137. The van der Waals surface area contributed by atoms with Gasteiger partial charge in [0.15, 0.2) is 0 Å². The molecule has 4 nitrogen and oxygen atoms in total. The topological polar surface area (TPSA) is 13.0 Å². The first-order chi connectivity index (χ1) is 24.8. The lowest BCUT2D eigenvalue weighted by molar-refractivity contribution is 0.421. The average Bonchev–Trinajstić information content (AvgIpc) is 3.46. The number of fused-ring (bicyclic) bond motifs is 2. The second-order valence-electron chi connectivity index (χ2n) is 20.6. The van der Waals surface area contributed by atoms with Crippen molar-refractivity contribution >= 4 is 57.9 Å². The molecule has 3 aliphatic heterocycles. The van der Waals surface area contributed by atoms with Crippen LogP contribution in [0, 0.1) is 21.7 Å². The van der Waals surface area contributed by atoms with E-state index in [-0.39, 0.29) is 21.7 Å². The van der Waals surface area contributed by atoms with E-state index in [1.165, 1.54) is 36.5 Å². The Labute approximate surface area is 325 Å². The molecule has 1 unspecified atom stereocenters. The van der Waals surface area contributed by atoms with E-state index in [2.05, 4.69) is 211 Å². The summed E-state index contributed by atoms with van der Waals surface area (Å²) in [6.45, 7) is 33.4. The smallest absolute Gasteiger partial charge is 0.315 e. The van der Waals surface area contributed by atoms with E-state index in [1.54, 1.807) is 10.1 Å². The van der Waals surface area contributed by atoms with Crippen LogP contribution in [-0.2, 0) is 0 Å². The monoisotopic (exact) mass is 758 g/mol. The maximum absolute atomic E-state index is 3.04. The summed E-state index contributed by atoms with van der Waals surface area (Å²) >= 11 is 0. The summed E-state index contributed by atoms with van der Waals surface area (Å²) in [6.07, 6.45) is 0. The van der Waals surface area contributed by atoms with Crippen molar-refractivity contribution in [2.75, 3.05) is 44.4 Å². The summed E-state index contributed by atoms with van der Waals surface area (Å²) in [6, 6.07) is 42.4. The summed E-state index contributed by atoms with van der Waals surface area (Å²) in [7, 11) is -4.20. The molecule has 0 bridgehead atoms. The highest BCUT2D eigenvalue weighted by atomic mass is 31.1. The number of hydrogen-bond donors (Lipinski definition) is 0. The van der Waals surface area contributed by atoms with Gasteiger partial charge in [0.1, 0.15) is 0 Å². The third kappa shape index (κ3) is 6.61. The molecule has 280 valence electrons. The second-order valence-corrected chi connectivity index (χ2v) is 31.1. The van der Waals surface area contributed by atoms with E-state index in [0.29, 0.717) is 4.91 Å². The van der Waals surface area contributed by atoms with Gasteiger partial charge < -0.3 is 18.3 Å². The van der Waals surface area contributed by atoms with Crippen molar-refractivity contribution in [3.8, 4) is 0 Å². The van der Waals surface area contributed by atoms with Gasteiger partial charge in [0.2, 0.25) is 0 Å². The van der Waals surface area contributed by atoms with Crippen LogP contribution < -0.4 is 23.4 Å². The number of hydrogen-bond acceptors (Lipinski definition) is 4. The molecule has 0 N–H and O–H groups in total. The highest BCUT2D eigenvalue weighted by molar-refractivity contribution is 7.71. The van der Waals surface area contributed by atoms with Gasteiger partial charge in [-0.25, -0.2) is 0 Å². The molecule has 4 aromatic carbocycles. The molecule has 7 heteroatoms. The lowest BCUT2D eigenvalue weighted by atomic mass is 9.96. The Balaban J connectivity index is 1.65. The van der Waals surface area contributed by atoms with Gasteiger partial charge in [0.05, 0.1) is 27.7 Å². The van der Waals surface area contributed by atoms with Gasteiger partial charge in [-0.1, -0.05) is 176 Å². The predicted octanol–water partition coefficient (Wildman–Crippen LogP) is 10.8. The van der Waals surface area contributed by atoms with Crippen LogP contribution in [0.5, 0.6) is 0 Å². The number of para-hydroxylation sites is 4. The molecule has 0 radical (unpaired) electrons. The van der Waals surface area contributed by atoms with E-state index in [0.717, 1.165) is 26.2 Å². The van der Waals surface area contributed by atoms with Crippen LogP contribution >= 0.6 is 8.20 Å². The van der Waals surface area contributed by atoms with Gasteiger partial charge in [-0.05, 0) is 56.7 Å². The highest BCUT2D eigenvalue weighted by Gasteiger charge is 2.76. The van der Waals surface area contributed by atoms with Crippen molar-refractivity contribution in [1.82, 2.24) is 0 Å². The SMILES string of the molecule is CC(C)(C)CN1c2ccccc2N(CC(C)(C)C)[Si]12C(c1ccccc1)=PC2[Si]1(c2ccccc2)N(CC(C)(C)C)c2ccccc2N1CC(C)(C)C. The zero-order valence-electron chi connectivity index (χ0n) is 34.5. The van der Waals surface area contributed by atoms with Crippen molar-refractivity contribution in [3.05, 3.63) is 115 Å². The number of nitrogens with zero attached hydrogens (tertiary/aromatic N) is 4. The molecule has 0 amide bonds. The van der Waals surface area contributed by atoms with Crippen LogP contribution in [0.25, 0.3) is 0 Å². The van der Waals surface area contributed by atoms with Crippen molar-refractivity contribution in [2.45, 2.75) is 88.0 Å². The lowest BCUT2D eigenvalue weighted by Gasteiger charge is -2.62. The molecule has 0 aromatic heterocycles. The van der Waals surface area contributed by atoms with Gasteiger partial charge in [-0.2, -0.15) is 0 Å². The molecule has 0 fully saturated rings. The van der Waals surface area contributed by atoms with Gasteiger partial charge >= 0.3 is 16.8 Å². The first-order valence-electron chi connectivity index (χ1n) is 19.8. The van der Waals surface area contributed by atoms with Crippen LogP contribution in [0.15, 0.2) is 109 Å². The summed E-state index contributed by atoms with van der Waals surface area (Å²) in [5, 5.41) is 1.54. The molecule has 3 heterocycles. The standard InChI is InChI=1S/C46H63N4PSi2/c1-43(2,3)31-47-37-27-19-20-28-38(37)48(32-44(4,5)6)52(47,36-25-17-14-18-26-36)42-51-41(35-23-15-13-16-24-35)53(42)49(33-45(7,8)9)39-29-21-22-30-40(39)50(53)34-46(10,11)12/h13-30,42H,31-34H2,1-12H3. The largest absolute Gasteiger partial charge is 0.375 e. The Morgan fingerprint density at radius 3 is 1.06 bits per heavy atom. The molecule has 1 atom stereocenters. The minimum atomic E-state index is -2.88. The highest BCUT2D eigenvalue weighted by Crippen LogP contribution is 2.60. The molecule has 53 heavy (non-hydrogen) atoms. The Morgan fingerprint density at radius 2 is 0.717 bits per heavy atom. The van der Waals surface area contributed by atoms with Crippen LogP contribution in [0.2, 0.25) is 0 Å². The fraction of sp³-hybridized carbons (Fsp3) is 0.457. The maximum atomic E-state index is 3.04. The Bertz CT molecular complexity index is 1880. The van der Waals surface area contributed by atoms with Crippen molar-refractivity contribution in [1.29, 1.82) is 0 Å². The zero-order chi connectivity index (χ0) is 38.2. The third-order valence-corrected chi connectivity index (χ3v) is 26.8. The normalized spacial score (nSPS) is 19.6. The van der Waals surface area contributed by atoms with E-state index < -0.39 is 16.8 Å². The van der Waals surface area contributed by atoms with Crippen LogP contribution in [0.1, 0.15) is 88.6 Å². The second kappa shape index (κ2) is 13.2.